The first-order valence-electron chi connectivity index (χ1n) is 11.6. The molecule has 5 heterocycles. The number of anilines is 1. The minimum absolute atomic E-state index is 0.348. The van der Waals surface area contributed by atoms with E-state index in [-0.39, 0.29) is 0 Å². The van der Waals surface area contributed by atoms with Crippen LogP contribution in [-0.4, -0.2) is 57.9 Å². The van der Waals surface area contributed by atoms with Gasteiger partial charge in [-0.15, -0.1) is 0 Å². The fourth-order valence-electron chi connectivity index (χ4n) is 5.96. The van der Waals surface area contributed by atoms with Crippen LogP contribution in [-0.2, 0) is 4.74 Å². The molecule has 0 radical (unpaired) electrons. The van der Waals surface area contributed by atoms with Crippen molar-refractivity contribution < 1.29 is 4.74 Å². The van der Waals surface area contributed by atoms with Gasteiger partial charge in [-0.3, -0.25) is 4.98 Å². The van der Waals surface area contributed by atoms with Crippen molar-refractivity contribution in [3.63, 3.8) is 0 Å². The summed E-state index contributed by atoms with van der Waals surface area (Å²) in [4.78, 5) is 16.5. The Kier molecular flexibility index (Phi) is 4.76. The second kappa shape index (κ2) is 7.58. The van der Waals surface area contributed by atoms with E-state index >= 15 is 0 Å². The van der Waals surface area contributed by atoms with Gasteiger partial charge < -0.3 is 15.0 Å². The lowest BCUT2D eigenvalue weighted by molar-refractivity contribution is 0.217. The van der Waals surface area contributed by atoms with Crippen LogP contribution in [0.4, 0.5) is 5.82 Å². The Morgan fingerprint density at radius 3 is 2.70 bits per heavy atom. The van der Waals surface area contributed by atoms with Crippen molar-refractivity contribution in [2.75, 3.05) is 25.1 Å². The van der Waals surface area contributed by atoms with Gasteiger partial charge in [-0.1, -0.05) is 11.6 Å². The summed E-state index contributed by atoms with van der Waals surface area (Å²) >= 11 is 6.62. The molecule has 2 unspecified atom stereocenters. The van der Waals surface area contributed by atoms with E-state index in [2.05, 4.69) is 20.3 Å². The van der Waals surface area contributed by atoms with Gasteiger partial charge in [0.1, 0.15) is 5.52 Å². The molecule has 0 bridgehead atoms. The van der Waals surface area contributed by atoms with E-state index in [0.717, 1.165) is 72.8 Å². The molecule has 1 spiro atoms. The van der Waals surface area contributed by atoms with E-state index < -0.39 is 0 Å². The van der Waals surface area contributed by atoms with E-state index in [0.29, 0.717) is 28.5 Å². The van der Waals surface area contributed by atoms with E-state index in [4.69, 9.17) is 26.3 Å². The second-order valence-corrected chi connectivity index (χ2v) is 9.99. The van der Waals surface area contributed by atoms with Crippen LogP contribution in [0.3, 0.4) is 0 Å². The maximum Gasteiger partial charge on any atom is 0.284 e. The van der Waals surface area contributed by atoms with Gasteiger partial charge in [0.15, 0.2) is 5.82 Å². The number of aromatic nitrogens is 4. The third-order valence-corrected chi connectivity index (χ3v) is 8.16. The van der Waals surface area contributed by atoms with Crippen molar-refractivity contribution in [3.05, 3.63) is 40.9 Å². The molecule has 3 aromatic rings. The van der Waals surface area contributed by atoms with Gasteiger partial charge in [-0.25, -0.2) is 14.5 Å². The molecular weight excluding hydrogens is 438 g/mol. The van der Waals surface area contributed by atoms with Crippen molar-refractivity contribution in [2.45, 2.75) is 51.6 Å². The molecule has 172 valence electrons. The highest BCUT2D eigenvalue weighted by atomic mass is 35.5. The van der Waals surface area contributed by atoms with Crippen molar-refractivity contribution in [3.8, 4) is 11.3 Å². The van der Waals surface area contributed by atoms with E-state index in [9.17, 15) is 0 Å². The molecule has 1 aliphatic carbocycles. The van der Waals surface area contributed by atoms with E-state index in [1.54, 1.807) is 13.3 Å². The van der Waals surface area contributed by atoms with Crippen LogP contribution in [0.1, 0.15) is 37.1 Å². The summed E-state index contributed by atoms with van der Waals surface area (Å²) in [7, 11) is 1.68. The van der Waals surface area contributed by atoms with Crippen LogP contribution in [0.15, 0.2) is 29.5 Å². The standard InChI is InChI=1S/C24H28ClN7O/c1-14-20(25)16(4-8-26-14)21-15(2)28-22(19-5-9-27-32(19)21)31-10-6-24(7-11-31)12-17-18(13-24)30-23(29-17)33-3/h4-5,8-9,17-18H,6-7,10-13H2,1-3H3,(H,29,30). The molecule has 9 heteroatoms. The number of amidine groups is 1. The topological polar surface area (TPSA) is 79.9 Å². The fourth-order valence-corrected chi connectivity index (χ4v) is 6.16. The Hall–Kier alpha value is -2.87. The number of hydrogen-bond acceptors (Lipinski definition) is 7. The average Bonchev–Trinajstić information content (AvgIpc) is 3.50. The lowest BCUT2D eigenvalue weighted by Crippen LogP contribution is -2.41. The molecule has 2 atom stereocenters. The van der Waals surface area contributed by atoms with Crippen LogP contribution >= 0.6 is 11.6 Å². The lowest BCUT2D eigenvalue weighted by atomic mass is 9.76. The number of nitrogens with one attached hydrogen (secondary N) is 1. The summed E-state index contributed by atoms with van der Waals surface area (Å²) in [5.41, 5.74) is 4.91. The molecule has 3 aromatic heterocycles. The predicted octanol–water partition coefficient (Wildman–Crippen LogP) is 3.78. The SMILES string of the molecule is COC1=NC2CC3(CCN(c4nc(C)c(-c5ccnc(C)c5Cl)n5nccc45)CC3)CC2N1. The first-order valence-corrected chi connectivity index (χ1v) is 11.9. The van der Waals surface area contributed by atoms with Gasteiger partial charge >= 0.3 is 0 Å². The number of pyridine rings is 1. The lowest BCUT2D eigenvalue weighted by Gasteiger charge is -2.40. The van der Waals surface area contributed by atoms with Gasteiger partial charge in [0.25, 0.3) is 6.02 Å². The molecule has 2 fully saturated rings. The van der Waals surface area contributed by atoms with Crippen molar-refractivity contribution in [2.24, 2.45) is 10.4 Å². The van der Waals surface area contributed by atoms with Gasteiger partial charge in [0, 0.05) is 24.8 Å². The Morgan fingerprint density at radius 2 is 1.94 bits per heavy atom. The maximum absolute atomic E-state index is 6.62. The quantitative estimate of drug-likeness (QED) is 0.620. The number of aryl methyl sites for hydroxylation is 2. The molecule has 1 saturated heterocycles. The van der Waals surface area contributed by atoms with Crippen molar-refractivity contribution in [1.82, 2.24) is 24.9 Å². The number of aliphatic imine (C=N–C) groups is 1. The highest BCUT2D eigenvalue weighted by Crippen LogP contribution is 2.49. The number of fused-ring (bicyclic) bond motifs is 2. The van der Waals surface area contributed by atoms with Crippen LogP contribution in [0.25, 0.3) is 16.8 Å². The third-order valence-electron chi connectivity index (χ3n) is 7.69. The molecule has 6 rings (SSSR count). The molecule has 1 saturated carbocycles. The van der Waals surface area contributed by atoms with Gasteiger partial charge in [0.05, 0.1) is 47.5 Å². The zero-order chi connectivity index (χ0) is 22.7. The second-order valence-electron chi connectivity index (χ2n) is 9.61. The summed E-state index contributed by atoms with van der Waals surface area (Å²) in [5.74, 6) is 1.00. The third kappa shape index (κ3) is 3.26. The molecule has 1 N–H and O–H groups in total. The van der Waals surface area contributed by atoms with Crippen LogP contribution in [0, 0.1) is 19.3 Å². The first kappa shape index (κ1) is 20.7. The Morgan fingerprint density at radius 1 is 1.12 bits per heavy atom. The monoisotopic (exact) mass is 465 g/mol. The molecule has 8 nitrogen and oxygen atoms in total. The normalized spacial score (nSPS) is 23.6. The largest absolute Gasteiger partial charge is 0.469 e. The van der Waals surface area contributed by atoms with Gasteiger partial charge in [-0.2, -0.15) is 5.10 Å². The summed E-state index contributed by atoms with van der Waals surface area (Å²) in [6, 6.07) is 5.45. The summed E-state index contributed by atoms with van der Waals surface area (Å²) < 4.78 is 7.28. The number of rotatable bonds is 2. The minimum atomic E-state index is 0.348. The molecular formula is C24H28ClN7O. The minimum Gasteiger partial charge on any atom is -0.469 e. The first-order chi connectivity index (χ1) is 16.0. The predicted molar refractivity (Wildman–Crippen MR) is 129 cm³/mol. The fraction of sp³-hybridized carbons (Fsp3) is 0.500. The molecule has 2 aliphatic heterocycles. The number of ether oxygens (including phenoxy) is 1. The summed E-state index contributed by atoms with van der Waals surface area (Å²) in [6.45, 7) is 5.93. The Balaban J connectivity index is 1.29. The number of nitrogens with zero attached hydrogens (tertiary/aromatic N) is 6. The summed E-state index contributed by atoms with van der Waals surface area (Å²) in [5, 5.41) is 8.74. The highest BCUT2D eigenvalue weighted by Gasteiger charge is 2.49. The van der Waals surface area contributed by atoms with Crippen LogP contribution in [0.5, 0.6) is 0 Å². The number of methoxy groups -OCH3 is 1. The zero-order valence-electron chi connectivity index (χ0n) is 19.2. The molecule has 3 aliphatic rings. The Bertz CT molecular complexity index is 1260. The molecule has 0 amide bonds. The zero-order valence-corrected chi connectivity index (χ0v) is 19.9. The number of piperidine rings is 1. The highest BCUT2D eigenvalue weighted by molar-refractivity contribution is 6.33. The number of hydrogen-bond donors (Lipinski definition) is 1. The maximum atomic E-state index is 6.62. The Labute approximate surface area is 198 Å². The van der Waals surface area contributed by atoms with Crippen molar-refractivity contribution >= 4 is 29.0 Å². The average molecular weight is 466 g/mol. The van der Waals surface area contributed by atoms with E-state index in [1.807, 2.05) is 36.7 Å². The van der Waals surface area contributed by atoms with Gasteiger partial charge in [-0.05, 0) is 57.1 Å². The van der Waals surface area contributed by atoms with Gasteiger partial charge in [0.2, 0.25) is 0 Å². The van der Waals surface area contributed by atoms with Crippen LogP contribution in [0.2, 0.25) is 5.02 Å². The van der Waals surface area contributed by atoms with Crippen LogP contribution < -0.4 is 10.2 Å². The molecule has 33 heavy (non-hydrogen) atoms. The smallest absolute Gasteiger partial charge is 0.284 e. The summed E-state index contributed by atoms with van der Waals surface area (Å²) in [6.07, 6.45) is 8.23. The molecule has 0 aromatic carbocycles. The number of halogens is 1. The van der Waals surface area contributed by atoms with Crippen molar-refractivity contribution in [1.29, 1.82) is 0 Å². The van der Waals surface area contributed by atoms with E-state index in [1.165, 1.54) is 0 Å².